The lowest BCUT2D eigenvalue weighted by atomic mass is 9.65. The van der Waals surface area contributed by atoms with Gasteiger partial charge in [-0.25, -0.2) is 0 Å². The highest BCUT2D eigenvalue weighted by Gasteiger charge is 2.45. The van der Waals surface area contributed by atoms with Crippen LogP contribution in [0.15, 0.2) is 120 Å². The monoisotopic (exact) mass is 1150 g/mol. The zero-order valence-electron chi connectivity index (χ0n) is 42.7. The molecule has 0 aliphatic heterocycles. The van der Waals surface area contributed by atoms with E-state index in [-0.39, 0.29) is 34.0 Å². The fraction of sp³-hybridized carbons (Fsp3) is 0.400. The molecule has 6 aliphatic rings. The van der Waals surface area contributed by atoms with Crippen molar-refractivity contribution < 1.29 is 14.4 Å². The molecule has 9 nitrogen and oxygen atoms in total. The number of hydrogen-bond acceptors (Lipinski definition) is 6. The second-order valence-electron chi connectivity index (χ2n) is 23.4. The number of aryl methyl sites for hydroxylation is 3. The number of carbonyl (C=O) groups excluding carboxylic acids is 3. The van der Waals surface area contributed by atoms with E-state index in [0.717, 1.165) is 120 Å². The van der Waals surface area contributed by atoms with Crippen molar-refractivity contribution in [2.75, 3.05) is 0 Å². The van der Waals surface area contributed by atoms with Crippen molar-refractivity contribution in [1.82, 2.24) is 30.6 Å². The van der Waals surface area contributed by atoms with E-state index in [1.165, 1.54) is 33.4 Å². The van der Waals surface area contributed by atoms with Gasteiger partial charge in [0, 0.05) is 120 Å². The summed E-state index contributed by atoms with van der Waals surface area (Å²) in [6, 6.07) is 24.7. The van der Waals surface area contributed by atoms with Crippen molar-refractivity contribution in [2.24, 2.45) is 16.2 Å². The smallest absolute Gasteiger partial charge is 0.160 e. The van der Waals surface area contributed by atoms with Crippen molar-refractivity contribution >= 4 is 65.1 Å². The van der Waals surface area contributed by atoms with Gasteiger partial charge < -0.3 is 0 Å². The third-order valence-electron chi connectivity index (χ3n) is 15.8. The molecular weight excluding hydrogens is 1090 g/mol. The van der Waals surface area contributed by atoms with Gasteiger partial charge in [-0.2, -0.15) is 15.3 Å². The molecule has 12 heteroatoms. The lowest BCUT2D eigenvalue weighted by Gasteiger charge is -2.38. The molecule has 0 fully saturated rings. The molecule has 3 aromatic carbocycles. The molecule has 3 N–H and O–H groups in total. The molecule has 0 amide bonds. The minimum absolute atomic E-state index is 0.0123. The van der Waals surface area contributed by atoms with E-state index in [9.17, 15) is 14.4 Å². The van der Waals surface area contributed by atoms with Gasteiger partial charge in [-0.3, -0.25) is 29.7 Å². The summed E-state index contributed by atoms with van der Waals surface area (Å²) in [5.74, 6) is 0.861. The quantitative estimate of drug-likeness (QED) is 0.161. The Bertz CT molecular complexity index is 2970. The number of halogens is 3. The maximum absolute atomic E-state index is 13.1. The SMILES string of the molecule is Cc1[nH]nc2c1C(c1ccccc1Br)C1=C(C2)CC(C)(C)CC1=O.Cc1[nH]nc2c1[C@@H](c1ccccc1Br)C1=C(C2)CC(C)(C)CC1=O.Cc1[nH]nc2c1[C@H](c1ccccc1Br)C1=C(C2)CC(C)(C)CC1=O. The Balaban J connectivity index is 0.000000124. The fourth-order valence-corrected chi connectivity index (χ4v) is 14.6. The number of benzene rings is 3. The summed E-state index contributed by atoms with van der Waals surface area (Å²) >= 11 is 11.1. The zero-order valence-corrected chi connectivity index (χ0v) is 47.5. The Kier molecular flexibility index (Phi) is 13.3. The highest BCUT2D eigenvalue weighted by Crippen LogP contribution is 2.53. The van der Waals surface area contributed by atoms with Crippen LogP contribution in [0.25, 0.3) is 0 Å². The van der Waals surface area contributed by atoms with Crippen LogP contribution in [0.5, 0.6) is 0 Å². The molecular formula is C60H63Br3N6O3. The number of H-pyrrole nitrogens is 3. The first kappa shape index (κ1) is 50.5. The van der Waals surface area contributed by atoms with Gasteiger partial charge in [0.25, 0.3) is 0 Å². The van der Waals surface area contributed by atoms with E-state index >= 15 is 0 Å². The summed E-state index contributed by atoms with van der Waals surface area (Å²) in [5, 5.41) is 23.0. The lowest BCUT2D eigenvalue weighted by Crippen LogP contribution is -2.32. The van der Waals surface area contributed by atoms with Crippen LogP contribution in [0.2, 0.25) is 0 Å². The Morgan fingerprint density at radius 2 is 0.667 bits per heavy atom. The number of aromatic amines is 3. The van der Waals surface area contributed by atoms with Crippen LogP contribution in [0.3, 0.4) is 0 Å². The Labute approximate surface area is 448 Å². The van der Waals surface area contributed by atoms with Gasteiger partial charge in [0.1, 0.15) is 0 Å². The fourth-order valence-electron chi connectivity index (χ4n) is 13.1. The van der Waals surface area contributed by atoms with Crippen molar-refractivity contribution in [3.63, 3.8) is 0 Å². The molecule has 0 saturated heterocycles. The maximum Gasteiger partial charge on any atom is 0.160 e. The molecule has 0 spiro atoms. The highest BCUT2D eigenvalue weighted by atomic mass is 79.9. The average Bonchev–Trinajstić information content (AvgIpc) is 3.99. The zero-order chi connectivity index (χ0) is 51.2. The number of ketones is 3. The molecule has 372 valence electrons. The number of carbonyl (C=O) groups is 3. The summed E-state index contributed by atoms with van der Waals surface area (Å²) in [6.45, 7) is 19.3. The second kappa shape index (κ2) is 19.0. The Morgan fingerprint density at radius 1 is 0.417 bits per heavy atom. The van der Waals surface area contributed by atoms with Crippen LogP contribution in [-0.4, -0.2) is 47.9 Å². The second-order valence-corrected chi connectivity index (χ2v) is 26.0. The van der Waals surface area contributed by atoms with Crippen LogP contribution in [-0.2, 0) is 33.6 Å². The predicted molar refractivity (Wildman–Crippen MR) is 294 cm³/mol. The molecule has 0 saturated carbocycles. The van der Waals surface area contributed by atoms with E-state index in [1.807, 2.05) is 36.4 Å². The third-order valence-corrected chi connectivity index (χ3v) is 17.9. The van der Waals surface area contributed by atoms with E-state index < -0.39 is 0 Å². The van der Waals surface area contributed by atoms with Gasteiger partial charge in [-0.1, -0.05) is 161 Å². The normalized spacial score (nSPS) is 22.3. The van der Waals surface area contributed by atoms with Crippen LogP contribution >= 0.6 is 47.8 Å². The van der Waals surface area contributed by atoms with E-state index in [0.29, 0.717) is 36.6 Å². The number of Topliss-reactive ketones (excluding diaryl/α,β-unsaturated/α-hetero) is 3. The maximum atomic E-state index is 13.1. The van der Waals surface area contributed by atoms with Gasteiger partial charge in [0.2, 0.25) is 0 Å². The van der Waals surface area contributed by atoms with Gasteiger partial charge in [-0.15, -0.1) is 0 Å². The number of nitrogens with one attached hydrogen (secondary N) is 3. The molecule has 0 bridgehead atoms. The Morgan fingerprint density at radius 3 is 0.917 bits per heavy atom. The summed E-state index contributed by atoms with van der Waals surface area (Å²) in [5.41, 5.74) is 20.5. The topological polar surface area (TPSA) is 137 Å². The average molecular weight is 1160 g/mol. The van der Waals surface area contributed by atoms with Crippen molar-refractivity contribution in [1.29, 1.82) is 0 Å². The Hall–Kier alpha value is -5.04. The minimum atomic E-state index is -0.0123. The number of allylic oxidation sites excluding steroid dienone is 6. The standard InChI is InChI=1S/3C20H21BrN2O/c3*1-11-17-15(23-22-11)8-12-9-20(2,3)10-16(24)18(12)19(17)13-6-4-5-7-14(13)21/h3*4-7,19H,8-10H2,1-3H3,(H,22,23)/t2*19-;/m10./s1. The van der Waals surface area contributed by atoms with E-state index in [4.69, 9.17) is 0 Å². The molecule has 6 aromatic rings. The van der Waals surface area contributed by atoms with Crippen LogP contribution in [0.4, 0.5) is 0 Å². The van der Waals surface area contributed by atoms with Gasteiger partial charge >= 0.3 is 0 Å². The molecule has 12 rings (SSSR count). The van der Waals surface area contributed by atoms with E-state index in [2.05, 4.69) is 177 Å². The molecule has 0 radical (unpaired) electrons. The van der Waals surface area contributed by atoms with Gasteiger partial charge in [0.15, 0.2) is 17.3 Å². The van der Waals surface area contributed by atoms with Gasteiger partial charge in [0.05, 0.1) is 17.1 Å². The number of fused-ring (bicyclic) bond motifs is 3. The number of hydrogen-bond donors (Lipinski definition) is 3. The summed E-state index contributed by atoms with van der Waals surface area (Å²) in [6.07, 6.45) is 7.18. The van der Waals surface area contributed by atoms with Crippen LogP contribution < -0.4 is 0 Å². The summed E-state index contributed by atoms with van der Waals surface area (Å²) < 4.78 is 3.15. The summed E-state index contributed by atoms with van der Waals surface area (Å²) in [4.78, 5) is 39.2. The molecule has 6 aliphatic carbocycles. The number of aromatic nitrogens is 6. The third kappa shape index (κ3) is 9.31. The van der Waals surface area contributed by atoms with Crippen LogP contribution in [0, 0.1) is 37.0 Å². The number of nitrogens with zero attached hydrogens (tertiary/aromatic N) is 3. The first-order chi connectivity index (χ1) is 34.1. The van der Waals surface area contributed by atoms with Crippen molar-refractivity contribution in [3.05, 3.63) is 187 Å². The molecule has 3 atom stereocenters. The molecule has 72 heavy (non-hydrogen) atoms. The highest BCUT2D eigenvalue weighted by molar-refractivity contribution is 9.11. The number of rotatable bonds is 3. The van der Waals surface area contributed by atoms with Crippen LogP contribution in [0.1, 0.15) is 165 Å². The lowest BCUT2D eigenvalue weighted by molar-refractivity contribution is -0.119. The molecule has 3 heterocycles. The first-order valence-corrected chi connectivity index (χ1v) is 27.6. The van der Waals surface area contributed by atoms with E-state index in [1.54, 1.807) is 0 Å². The molecule has 1 unspecified atom stereocenters. The molecule has 3 aromatic heterocycles. The van der Waals surface area contributed by atoms with Crippen molar-refractivity contribution in [3.8, 4) is 0 Å². The first-order valence-electron chi connectivity index (χ1n) is 25.2. The largest absolute Gasteiger partial charge is 0.294 e. The van der Waals surface area contributed by atoms with Gasteiger partial charge in [-0.05, 0) is 91.2 Å². The summed E-state index contributed by atoms with van der Waals surface area (Å²) in [7, 11) is 0. The van der Waals surface area contributed by atoms with Crippen molar-refractivity contribution in [2.45, 2.75) is 138 Å². The predicted octanol–water partition coefficient (Wildman–Crippen LogP) is 14.6. The minimum Gasteiger partial charge on any atom is -0.294 e.